The summed E-state index contributed by atoms with van der Waals surface area (Å²) < 4.78 is 0. The summed E-state index contributed by atoms with van der Waals surface area (Å²) in [6.45, 7) is 6.27. The summed E-state index contributed by atoms with van der Waals surface area (Å²) in [6.07, 6.45) is 2.42. The lowest BCUT2D eigenvalue weighted by atomic mass is 9.99. The molecule has 1 aliphatic rings. The van der Waals surface area contributed by atoms with E-state index in [2.05, 4.69) is 42.8 Å². The van der Waals surface area contributed by atoms with E-state index < -0.39 is 0 Å². The Morgan fingerprint density at radius 2 is 2.05 bits per heavy atom. The van der Waals surface area contributed by atoms with Crippen LogP contribution in [0.15, 0.2) is 24.3 Å². The monoisotopic (exact) mass is 275 g/mol. The van der Waals surface area contributed by atoms with Crippen LogP contribution in [0.5, 0.6) is 0 Å². The average molecular weight is 275 g/mol. The molecule has 1 fully saturated rings. The van der Waals surface area contributed by atoms with Crippen molar-refractivity contribution in [3.05, 3.63) is 29.8 Å². The number of hydrogen-bond donors (Lipinski definition) is 3. The first-order valence-electron chi connectivity index (χ1n) is 7.29. The molecule has 4 heteroatoms. The van der Waals surface area contributed by atoms with Crippen LogP contribution in [0, 0.1) is 5.92 Å². The molecule has 4 nitrogen and oxygen atoms in total. The van der Waals surface area contributed by atoms with E-state index in [0.29, 0.717) is 5.92 Å². The van der Waals surface area contributed by atoms with Gasteiger partial charge in [0.1, 0.15) is 0 Å². The summed E-state index contributed by atoms with van der Waals surface area (Å²) in [4.78, 5) is 12.1. The molecule has 1 aromatic carbocycles. The molecule has 0 heterocycles. The Hall–Kier alpha value is -1.55. The van der Waals surface area contributed by atoms with Gasteiger partial charge in [-0.1, -0.05) is 12.1 Å². The lowest BCUT2D eigenvalue weighted by Gasteiger charge is -2.26. The minimum atomic E-state index is -0.129. The molecule has 0 bridgehead atoms. The first-order chi connectivity index (χ1) is 9.42. The molecule has 0 saturated heterocycles. The summed E-state index contributed by atoms with van der Waals surface area (Å²) >= 11 is 0. The van der Waals surface area contributed by atoms with Crippen molar-refractivity contribution in [3.63, 3.8) is 0 Å². The highest BCUT2D eigenvalue weighted by Gasteiger charge is 2.38. The lowest BCUT2D eigenvalue weighted by molar-refractivity contribution is 0.237. The molecule has 3 N–H and O–H groups in total. The van der Waals surface area contributed by atoms with Crippen LogP contribution in [0.3, 0.4) is 0 Å². The Kier molecular flexibility index (Phi) is 4.33. The van der Waals surface area contributed by atoms with Crippen LogP contribution in [0.4, 0.5) is 10.5 Å². The number of rotatable bonds is 5. The number of nitrogens with one attached hydrogen (secondary N) is 3. The molecule has 1 aliphatic carbocycles. The average Bonchev–Trinajstić information content (AvgIpc) is 3.21. The van der Waals surface area contributed by atoms with Gasteiger partial charge in [0.15, 0.2) is 0 Å². The van der Waals surface area contributed by atoms with Crippen molar-refractivity contribution in [1.29, 1.82) is 0 Å². The number of hydrogen-bond acceptors (Lipinski definition) is 2. The summed E-state index contributed by atoms with van der Waals surface area (Å²) in [5, 5.41) is 9.18. The van der Waals surface area contributed by atoms with Crippen LogP contribution in [0.2, 0.25) is 0 Å². The molecular formula is C16H25N3O. The van der Waals surface area contributed by atoms with Gasteiger partial charge in [-0.3, -0.25) is 0 Å². The van der Waals surface area contributed by atoms with Crippen LogP contribution in [-0.4, -0.2) is 18.6 Å². The van der Waals surface area contributed by atoms with E-state index in [4.69, 9.17) is 0 Å². The van der Waals surface area contributed by atoms with Crippen LogP contribution in [0.1, 0.15) is 45.2 Å². The summed E-state index contributed by atoms with van der Waals surface area (Å²) in [7, 11) is 1.93. The number of benzene rings is 1. The van der Waals surface area contributed by atoms with Crippen molar-refractivity contribution in [2.24, 2.45) is 5.92 Å². The van der Waals surface area contributed by atoms with Gasteiger partial charge < -0.3 is 16.0 Å². The fourth-order valence-electron chi connectivity index (χ4n) is 2.41. The molecule has 0 spiro atoms. The second-order valence-electron chi connectivity index (χ2n) is 6.21. The van der Waals surface area contributed by atoms with E-state index in [1.54, 1.807) is 0 Å². The van der Waals surface area contributed by atoms with Crippen molar-refractivity contribution in [1.82, 2.24) is 10.6 Å². The fourth-order valence-corrected chi connectivity index (χ4v) is 2.41. The summed E-state index contributed by atoms with van der Waals surface area (Å²) in [5.74, 6) is 0.615. The minimum Gasteiger partial charge on any atom is -0.333 e. The van der Waals surface area contributed by atoms with Crippen molar-refractivity contribution in [2.75, 3.05) is 12.4 Å². The number of anilines is 1. The predicted octanol–water partition coefficient (Wildman–Crippen LogP) is 3.28. The molecule has 0 radical (unpaired) electrons. The van der Waals surface area contributed by atoms with Gasteiger partial charge in [0.2, 0.25) is 0 Å². The Labute approximate surface area is 121 Å². The van der Waals surface area contributed by atoms with E-state index >= 15 is 0 Å². The van der Waals surface area contributed by atoms with Gasteiger partial charge in [0.25, 0.3) is 0 Å². The Balaban J connectivity index is 1.97. The van der Waals surface area contributed by atoms with Crippen LogP contribution in [-0.2, 0) is 0 Å². The number of carbonyl (C=O) groups is 1. The number of amides is 2. The molecule has 20 heavy (non-hydrogen) atoms. The highest BCUT2D eigenvalue weighted by atomic mass is 16.2. The van der Waals surface area contributed by atoms with E-state index in [1.807, 2.05) is 25.2 Å². The van der Waals surface area contributed by atoms with E-state index in [0.717, 1.165) is 11.3 Å². The highest BCUT2D eigenvalue weighted by Crippen LogP contribution is 2.39. The highest BCUT2D eigenvalue weighted by molar-refractivity contribution is 5.89. The summed E-state index contributed by atoms with van der Waals surface area (Å²) in [6, 6.07) is 8.07. The zero-order valence-corrected chi connectivity index (χ0v) is 12.8. The molecular weight excluding hydrogens is 250 g/mol. The van der Waals surface area contributed by atoms with E-state index in [-0.39, 0.29) is 17.6 Å². The van der Waals surface area contributed by atoms with Gasteiger partial charge in [0.05, 0.1) is 0 Å². The molecule has 2 rings (SSSR count). The Morgan fingerprint density at radius 3 is 2.65 bits per heavy atom. The first-order valence-corrected chi connectivity index (χ1v) is 7.29. The van der Waals surface area contributed by atoms with E-state index in [9.17, 15) is 4.79 Å². The van der Waals surface area contributed by atoms with Gasteiger partial charge in [-0.25, -0.2) is 4.79 Å². The lowest BCUT2D eigenvalue weighted by Crippen LogP contribution is -2.47. The van der Waals surface area contributed by atoms with Crippen LogP contribution in [0.25, 0.3) is 0 Å². The van der Waals surface area contributed by atoms with Gasteiger partial charge in [-0.15, -0.1) is 0 Å². The zero-order valence-electron chi connectivity index (χ0n) is 12.8. The normalized spacial score (nSPS) is 16.6. The third-order valence-corrected chi connectivity index (χ3v) is 4.11. The minimum absolute atomic E-state index is 0.125. The zero-order chi connectivity index (χ0) is 14.8. The second-order valence-corrected chi connectivity index (χ2v) is 6.21. The topological polar surface area (TPSA) is 53.2 Å². The van der Waals surface area contributed by atoms with Crippen LogP contribution < -0.4 is 16.0 Å². The molecule has 2 amide bonds. The first kappa shape index (κ1) is 14.9. The standard InChI is InChI=1S/C16H25N3O/c1-11(17-4)12-6-5-7-14(10-12)18-15(20)19-16(2,3)13-8-9-13/h5-7,10-11,13,17H,8-9H2,1-4H3,(H2,18,19,20). The summed E-state index contributed by atoms with van der Waals surface area (Å²) in [5.41, 5.74) is 1.86. The smallest absolute Gasteiger partial charge is 0.319 e. The van der Waals surface area contributed by atoms with Crippen molar-refractivity contribution in [2.45, 2.75) is 45.2 Å². The second kappa shape index (κ2) is 5.83. The molecule has 1 aromatic rings. The van der Waals surface area contributed by atoms with Crippen molar-refractivity contribution >= 4 is 11.7 Å². The van der Waals surface area contributed by atoms with Gasteiger partial charge in [-0.05, 0) is 64.3 Å². The molecule has 1 unspecified atom stereocenters. The predicted molar refractivity (Wildman–Crippen MR) is 82.9 cm³/mol. The maximum absolute atomic E-state index is 12.1. The van der Waals surface area contributed by atoms with Gasteiger partial charge in [-0.2, -0.15) is 0 Å². The SMILES string of the molecule is CNC(C)c1cccc(NC(=O)NC(C)(C)C2CC2)c1. The maximum atomic E-state index is 12.1. The Morgan fingerprint density at radius 1 is 1.35 bits per heavy atom. The maximum Gasteiger partial charge on any atom is 0.319 e. The number of urea groups is 1. The Bertz CT molecular complexity index is 480. The molecule has 1 saturated carbocycles. The largest absolute Gasteiger partial charge is 0.333 e. The van der Waals surface area contributed by atoms with Gasteiger partial charge >= 0.3 is 6.03 Å². The van der Waals surface area contributed by atoms with E-state index in [1.165, 1.54) is 12.8 Å². The molecule has 0 aliphatic heterocycles. The molecule has 0 aromatic heterocycles. The van der Waals surface area contributed by atoms with Crippen molar-refractivity contribution in [3.8, 4) is 0 Å². The molecule has 110 valence electrons. The fraction of sp³-hybridized carbons (Fsp3) is 0.562. The molecule has 1 atom stereocenters. The third kappa shape index (κ3) is 3.73. The van der Waals surface area contributed by atoms with Crippen LogP contribution >= 0.6 is 0 Å². The van der Waals surface area contributed by atoms with Gasteiger partial charge in [0, 0.05) is 17.3 Å². The van der Waals surface area contributed by atoms with Crippen molar-refractivity contribution < 1.29 is 4.79 Å². The third-order valence-electron chi connectivity index (χ3n) is 4.11. The quantitative estimate of drug-likeness (QED) is 0.772. The number of carbonyl (C=O) groups excluding carboxylic acids is 1.